The average Bonchev–Trinajstić information content (AvgIpc) is 3.10. The van der Waals surface area contributed by atoms with Gasteiger partial charge in [0.15, 0.2) is 12.3 Å². The zero-order valence-corrected chi connectivity index (χ0v) is 37.2. The standard InChI is InChI=1S/C37H36N2O9S3.K.Na/c1-3-38(25-27-9-7-11-33(23-27)49(40,41)42)31-19-15-29(16-20-31)37(35-13-5-6-14-36(35)51(46,47)48)30-17-21-32(22-18-30)39(4-2)26-28-10-8-12-34(24-28)50(43,44)45;;/h5-24H,3-4,25-26H2,1-2H3,(H2-,40,41,42,43,44,45,46,47,48);;/q;2*+1/p-2. The molecule has 1 aliphatic rings. The summed E-state index contributed by atoms with van der Waals surface area (Å²) >= 11 is 0. The fraction of sp³-hybridized carbons (Fsp3) is 0.162. The minimum absolute atomic E-state index is 0. The van der Waals surface area contributed by atoms with E-state index in [-0.39, 0.29) is 101 Å². The molecule has 0 saturated heterocycles. The van der Waals surface area contributed by atoms with Gasteiger partial charge in [-0.3, -0.25) is 0 Å². The molecule has 4 aromatic carbocycles. The van der Waals surface area contributed by atoms with Crippen molar-refractivity contribution in [2.24, 2.45) is 0 Å². The number of hydrogen-bond donors (Lipinski definition) is 0. The van der Waals surface area contributed by atoms with Crippen LogP contribution in [-0.2, 0) is 43.4 Å². The Hall–Kier alpha value is -2.06. The molecule has 0 amide bonds. The normalized spacial score (nSPS) is 12.8. The van der Waals surface area contributed by atoms with Crippen LogP contribution in [0.5, 0.6) is 0 Å². The summed E-state index contributed by atoms with van der Waals surface area (Å²) < 4.78 is 109. The molecular formula is C37H34KN2NaO9S3. The van der Waals surface area contributed by atoms with Crippen LogP contribution in [0, 0.1) is 0 Å². The van der Waals surface area contributed by atoms with Crippen LogP contribution in [0.3, 0.4) is 0 Å². The number of hydrogen-bond acceptors (Lipinski definition) is 10. The van der Waals surface area contributed by atoms with Gasteiger partial charge >= 0.3 is 80.9 Å². The summed E-state index contributed by atoms with van der Waals surface area (Å²) in [6.45, 7) is 5.60. The van der Waals surface area contributed by atoms with Crippen molar-refractivity contribution in [3.63, 3.8) is 0 Å². The minimum Gasteiger partial charge on any atom is -0.744 e. The molecule has 0 radical (unpaired) electrons. The Morgan fingerprint density at radius 2 is 1.21 bits per heavy atom. The largest absolute Gasteiger partial charge is 1.00 e. The summed E-state index contributed by atoms with van der Waals surface area (Å²) in [5, 5.41) is 0. The van der Waals surface area contributed by atoms with Gasteiger partial charge in [-0.2, -0.15) is 0 Å². The molecular weight excluding hydrogens is 775 g/mol. The molecule has 266 valence electrons. The molecule has 0 heterocycles. The van der Waals surface area contributed by atoms with Crippen LogP contribution in [0.15, 0.2) is 142 Å². The third kappa shape index (κ3) is 11.7. The first-order valence-electron chi connectivity index (χ1n) is 15.8. The van der Waals surface area contributed by atoms with E-state index < -0.39 is 30.4 Å². The van der Waals surface area contributed by atoms with Gasteiger partial charge in [-0.25, -0.2) is 29.8 Å². The van der Waals surface area contributed by atoms with Gasteiger partial charge < -0.3 is 18.6 Å². The molecule has 1 aliphatic carbocycles. The second-order valence-corrected chi connectivity index (χ2v) is 15.8. The van der Waals surface area contributed by atoms with E-state index in [1.807, 2.05) is 71.9 Å². The van der Waals surface area contributed by atoms with Crippen molar-refractivity contribution in [3.8, 4) is 0 Å². The van der Waals surface area contributed by atoms with Gasteiger partial charge in [0.25, 0.3) is 0 Å². The van der Waals surface area contributed by atoms with Gasteiger partial charge in [0.1, 0.15) is 36.9 Å². The van der Waals surface area contributed by atoms with E-state index in [2.05, 4.69) is 0 Å². The summed E-state index contributed by atoms with van der Waals surface area (Å²) in [7, 11) is -14.1. The third-order valence-electron chi connectivity index (χ3n) is 8.35. The Labute approximate surface area is 375 Å². The third-order valence-corrected chi connectivity index (χ3v) is 10.9. The Kier molecular flexibility index (Phi) is 16.4. The maximum Gasteiger partial charge on any atom is 1.00 e. The predicted molar refractivity (Wildman–Crippen MR) is 190 cm³/mol. The van der Waals surface area contributed by atoms with E-state index in [4.69, 9.17) is 0 Å². The quantitative estimate of drug-likeness (QED) is 0.0984. The summed E-state index contributed by atoms with van der Waals surface area (Å²) in [4.78, 5) is 0.982. The number of benzene rings is 4. The molecule has 0 aliphatic heterocycles. The van der Waals surface area contributed by atoms with Crippen molar-refractivity contribution in [1.82, 2.24) is 0 Å². The van der Waals surface area contributed by atoms with E-state index in [0.717, 1.165) is 11.4 Å². The molecule has 0 atom stereocenters. The second kappa shape index (κ2) is 19.2. The van der Waals surface area contributed by atoms with E-state index in [9.17, 15) is 38.9 Å². The van der Waals surface area contributed by atoms with Gasteiger partial charge in [0.05, 0.1) is 14.7 Å². The Bertz CT molecular complexity index is 2410. The van der Waals surface area contributed by atoms with Crippen LogP contribution in [0.4, 0.5) is 5.69 Å². The molecule has 16 heteroatoms. The molecule has 0 N–H and O–H groups in total. The van der Waals surface area contributed by atoms with Crippen LogP contribution in [0.1, 0.15) is 36.1 Å². The van der Waals surface area contributed by atoms with Crippen LogP contribution in [0.2, 0.25) is 0 Å². The molecule has 0 fully saturated rings. The van der Waals surface area contributed by atoms with Crippen LogP contribution in [-0.4, -0.2) is 62.3 Å². The summed E-state index contributed by atoms with van der Waals surface area (Å²) in [5.74, 6) is 0. The Balaban J connectivity index is 0.00000378. The van der Waals surface area contributed by atoms with Gasteiger partial charge in [-0.15, -0.1) is 0 Å². The molecule has 5 rings (SSSR count). The molecule has 0 saturated carbocycles. The van der Waals surface area contributed by atoms with Crippen molar-refractivity contribution < 1.29 is 124 Å². The fourth-order valence-electron chi connectivity index (χ4n) is 5.86. The first kappa shape index (κ1) is 45.3. The van der Waals surface area contributed by atoms with E-state index in [1.54, 1.807) is 24.3 Å². The smallest absolute Gasteiger partial charge is 0.744 e. The van der Waals surface area contributed by atoms with Crippen molar-refractivity contribution in [3.05, 3.63) is 149 Å². The Morgan fingerprint density at radius 3 is 1.74 bits per heavy atom. The zero-order chi connectivity index (χ0) is 37.0. The molecule has 0 bridgehead atoms. The van der Waals surface area contributed by atoms with E-state index in [1.165, 1.54) is 48.5 Å². The number of rotatable bonds is 12. The zero-order valence-electron chi connectivity index (χ0n) is 29.7. The van der Waals surface area contributed by atoms with Crippen LogP contribution >= 0.6 is 0 Å². The van der Waals surface area contributed by atoms with Gasteiger partial charge in [0.2, 0.25) is 0 Å². The van der Waals surface area contributed by atoms with Crippen molar-refractivity contribution >= 4 is 47.3 Å². The van der Waals surface area contributed by atoms with E-state index >= 15 is 0 Å². The molecule has 0 unspecified atom stereocenters. The Morgan fingerprint density at radius 1 is 0.660 bits per heavy atom. The van der Waals surface area contributed by atoms with Crippen LogP contribution < -0.4 is 85.8 Å². The maximum absolute atomic E-state index is 12.4. The summed E-state index contributed by atoms with van der Waals surface area (Å²) in [6.07, 6.45) is 7.29. The first-order valence-corrected chi connectivity index (χ1v) is 20.0. The van der Waals surface area contributed by atoms with Gasteiger partial charge in [-0.05, 0) is 90.7 Å². The molecule has 0 aromatic heterocycles. The topological polar surface area (TPSA) is 178 Å². The monoisotopic (exact) mass is 808 g/mol. The van der Waals surface area contributed by atoms with Crippen molar-refractivity contribution in [1.29, 1.82) is 0 Å². The predicted octanol–water partition coefficient (Wildman–Crippen LogP) is -0.965. The summed E-state index contributed by atoms with van der Waals surface area (Å²) in [5.41, 5.74) is 4.79. The van der Waals surface area contributed by atoms with Crippen LogP contribution in [0.25, 0.3) is 5.57 Å². The summed E-state index contributed by atoms with van der Waals surface area (Å²) in [6, 6.07) is 25.0. The minimum atomic E-state index is -4.86. The maximum atomic E-state index is 12.4. The first-order chi connectivity index (χ1) is 24.1. The van der Waals surface area contributed by atoms with Crippen molar-refractivity contribution in [2.75, 3.05) is 18.0 Å². The number of nitrogens with zero attached hydrogens (tertiary/aromatic N) is 2. The average molecular weight is 809 g/mol. The molecule has 0 spiro atoms. The molecule has 11 nitrogen and oxygen atoms in total. The SMILES string of the molecule is CCN(Cc1cccc(S(=O)(=O)[O-])c1)c1ccc(C(=C2C=CC(=[N+](CC)Cc3cccc(S(=O)(=O)[O-])c3)C=C2)c2ccccc2S(=O)(=O)[O-])cc1.[K+].[Na+]. The second-order valence-electron chi connectivity index (χ2n) is 11.7. The van der Waals surface area contributed by atoms with Crippen molar-refractivity contribution in [2.45, 2.75) is 41.6 Å². The molecule has 53 heavy (non-hydrogen) atoms. The number of anilines is 1. The molecule has 4 aromatic rings. The van der Waals surface area contributed by atoms with E-state index in [0.29, 0.717) is 54.0 Å². The fourth-order valence-corrected chi connectivity index (χ4v) is 7.62. The van der Waals surface area contributed by atoms with Gasteiger partial charge in [0, 0.05) is 42.1 Å². The number of allylic oxidation sites excluding steroid dienone is 5. The van der Waals surface area contributed by atoms with Gasteiger partial charge in [-0.1, -0.05) is 54.6 Å².